The number of halogens is 1. The minimum absolute atomic E-state index is 0.0212. The summed E-state index contributed by atoms with van der Waals surface area (Å²) in [6.07, 6.45) is 0. The van der Waals surface area contributed by atoms with E-state index in [1.807, 2.05) is 0 Å². The average Bonchev–Trinajstić information content (AvgIpc) is 2.07. The first-order valence-electron chi connectivity index (χ1n) is 3.65. The fraction of sp³-hybridized carbons (Fsp3) is 0.125. The Bertz CT molecular complexity index is 405. The van der Waals surface area contributed by atoms with Crippen molar-refractivity contribution < 1.29 is 9.00 Å². The zero-order valence-corrected chi connectivity index (χ0v) is 8.11. The summed E-state index contributed by atoms with van der Waals surface area (Å²) in [6.45, 7) is 0. The molecule has 1 aromatic carbocycles. The molecular formula is C8H6ClNO2S. The van der Waals surface area contributed by atoms with E-state index in [4.69, 9.17) is 11.6 Å². The lowest BCUT2D eigenvalue weighted by Gasteiger charge is -2.16. The molecule has 1 aliphatic rings. The van der Waals surface area contributed by atoms with Gasteiger partial charge in [0, 0.05) is 0 Å². The summed E-state index contributed by atoms with van der Waals surface area (Å²) in [7, 11) is -1.25. The van der Waals surface area contributed by atoms with Gasteiger partial charge in [-0.15, -0.1) is 0 Å². The van der Waals surface area contributed by atoms with Gasteiger partial charge in [0.25, 0.3) is 0 Å². The van der Waals surface area contributed by atoms with Gasteiger partial charge in [-0.1, -0.05) is 17.7 Å². The summed E-state index contributed by atoms with van der Waals surface area (Å²) in [4.78, 5) is 11.6. The van der Waals surface area contributed by atoms with Crippen LogP contribution in [0.5, 0.6) is 0 Å². The van der Waals surface area contributed by atoms with Crippen molar-refractivity contribution in [2.45, 2.75) is 4.90 Å². The first kappa shape index (κ1) is 8.72. The van der Waals surface area contributed by atoms with E-state index in [-0.39, 0.29) is 11.7 Å². The smallest absolute Gasteiger partial charge is 0.237 e. The number of benzene rings is 1. The Kier molecular flexibility index (Phi) is 2.09. The first-order chi connectivity index (χ1) is 6.18. The molecule has 1 atom stereocenters. The third-order valence-corrected chi connectivity index (χ3v) is 3.42. The predicted octanol–water partition coefficient (Wildman–Crippen LogP) is 1.40. The van der Waals surface area contributed by atoms with Crippen LogP contribution in [-0.2, 0) is 15.6 Å². The van der Waals surface area contributed by atoms with Crippen LogP contribution in [0.25, 0.3) is 0 Å². The summed E-state index contributed by atoms with van der Waals surface area (Å²) in [5, 5.41) is 3.02. The van der Waals surface area contributed by atoms with Crippen LogP contribution in [0.4, 0.5) is 5.69 Å². The maximum atomic E-state index is 11.4. The zero-order valence-electron chi connectivity index (χ0n) is 6.54. The van der Waals surface area contributed by atoms with Crippen LogP contribution in [0.2, 0.25) is 5.02 Å². The topological polar surface area (TPSA) is 46.2 Å². The van der Waals surface area contributed by atoms with Crippen molar-refractivity contribution >= 4 is 34.0 Å². The molecule has 0 saturated carbocycles. The molecule has 1 aliphatic heterocycles. The summed E-state index contributed by atoms with van der Waals surface area (Å²) in [6, 6.07) is 5.08. The van der Waals surface area contributed by atoms with Gasteiger partial charge in [0.05, 0.1) is 26.4 Å². The van der Waals surface area contributed by atoms with Crippen molar-refractivity contribution in [3.8, 4) is 0 Å². The summed E-state index contributed by atoms with van der Waals surface area (Å²) < 4.78 is 11.4. The number of fused-ring (bicyclic) bond motifs is 1. The third kappa shape index (κ3) is 1.47. The molecular weight excluding hydrogens is 210 g/mol. The highest BCUT2D eigenvalue weighted by atomic mass is 35.5. The van der Waals surface area contributed by atoms with Gasteiger partial charge in [0.15, 0.2) is 0 Å². The quantitative estimate of drug-likeness (QED) is 0.711. The highest BCUT2D eigenvalue weighted by molar-refractivity contribution is 7.86. The number of carbonyl (C=O) groups excluding carboxylic acids is 1. The number of amides is 1. The standard InChI is InChI=1S/C8H6ClNO2S/c9-5-2-1-3-6-8(5)10-7(11)4-13(6)12/h1-3H,4H2,(H,10,11). The summed E-state index contributed by atoms with van der Waals surface area (Å²) in [5.41, 5.74) is 0.485. The van der Waals surface area contributed by atoms with Gasteiger partial charge < -0.3 is 5.32 Å². The maximum Gasteiger partial charge on any atom is 0.237 e. The Balaban J connectivity index is 2.61. The van der Waals surface area contributed by atoms with Gasteiger partial charge in [-0.3, -0.25) is 9.00 Å². The van der Waals surface area contributed by atoms with Crippen LogP contribution in [0.1, 0.15) is 0 Å². The number of anilines is 1. The second-order valence-corrected chi connectivity index (χ2v) is 4.48. The Morgan fingerprint density at radius 1 is 1.46 bits per heavy atom. The van der Waals surface area contributed by atoms with E-state index in [0.717, 1.165) is 0 Å². The largest absolute Gasteiger partial charge is 0.323 e. The maximum absolute atomic E-state index is 11.4. The van der Waals surface area contributed by atoms with Gasteiger partial charge in [-0.2, -0.15) is 0 Å². The lowest BCUT2D eigenvalue weighted by molar-refractivity contribution is -0.113. The number of rotatable bonds is 0. The van der Waals surface area contributed by atoms with E-state index in [9.17, 15) is 9.00 Å². The second-order valence-electron chi connectivity index (χ2n) is 2.65. The van der Waals surface area contributed by atoms with Gasteiger partial charge in [-0.25, -0.2) is 0 Å². The molecule has 0 fully saturated rings. The van der Waals surface area contributed by atoms with Crippen molar-refractivity contribution in [3.63, 3.8) is 0 Å². The van der Waals surface area contributed by atoms with Crippen LogP contribution in [0.15, 0.2) is 23.1 Å². The molecule has 0 spiro atoms. The molecule has 1 aromatic rings. The molecule has 1 unspecified atom stereocenters. The van der Waals surface area contributed by atoms with E-state index >= 15 is 0 Å². The monoisotopic (exact) mass is 215 g/mol. The number of hydrogen-bond acceptors (Lipinski definition) is 2. The normalized spacial score (nSPS) is 20.7. The Labute approximate surface area is 82.5 Å². The van der Waals surface area contributed by atoms with Crippen LogP contribution in [-0.4, -0.2) is 15.9 Å². The van der Waals surface area contributed by atoms with Crippen molar-refractivity contribution in [2.24, 2.45) is 0 Å². The predicted molar refractivity (Wildman–Crippen MR) is 51.4 cm³/mol. The van der Waals surface area contributed by atoms with Crippen LogP contribution in [0.3, 0.4) is 0 Å². The molecule has 1 heterocycles. The first-order valence-corrected chi connectivity index (χ1v) is 5.35. The molecule has 13 heavy (non-hydrogen) atoms. The Morgan fingerprint density at radius 2 is 2.23 bits per heavy atom. The molecule has 0 radical (unpaired) electrons. The molecule has 3 nitrogen and oxygen atoms in total. The number of hydrogen-bond donors (Lipinski definition) is 1. The van der Waals surface area contributed by atoms with Gasteiger partial charge in [-0.05, 0) is 12.1 Å². The van der Waals surface area contributed by atoms with E-state index in [1.165, 1.54) is 0 Å². The average molecular weight is 216 g/mol. The molecule has 1 N–H and O–H groups in total. The zero-order chi connectivity index (χ0) is 9.42. The third-order valence-electron chi connectivity index (χ3n) is 1.75. The van der Waals surface area contributed by atoms with Gasteiger partial charge >= 0.3 is 0 Å². The van der Waals surface area contributed by atoms with Crippen LogP contribution < -0.4 is 5.32 Å². The number of carbonyl (C=O) groups is 1. The highest BCUT2D eigenvalue weighted by Crippen LogP contribution is 2.30. The van der Waals surface area contributed by atoms with Crippen molar-refractivity contribution in [2.75, 3.05) is 11.1 Å². The summed E-state index contributed by atoms with van der Waals surface area (Å²) in [5.74, 6) is -0.230. The van der Waals surface area contributed by atoms with Crippen molar-refractivity contribution in [1.82, 2.24) is 0 Å². The van der Waals surface area contributed by atoms with E-state index in [1.54, 1.807) is 18.2 Å². The van der Waals surface area contributed by atoms with Crippen molar-refractivity contribution in [1.29, 1.82) is 0 Å². The molecule has 5 heteroatoms. The lowest BCUT2D eigenvalue weighted by Crippen LogP contribution is -2.25. The molecule has 0 saturated heterocycles. The minimum Gasteiger partial charge on any atom is -0.323 e. The fourth-order valence-electron chi connectivity index (χ4n) is 1.19. The molecule has 0 aromatic heterocycles. The van der Waals surface area contributed by atoms with Crippen molar-refractivity contribution in [3.05, 3.63) is 23.2 Å². The number of nitrogens with one attached hydrogen (secondary N) is 1. The lowest BCUT2D eigenvalue weighted by atomic mass is 10.3. The van der Waals surface area contributed by atoms with E-state index < -0.39 is 10.8 Å². The highest BCUT2D eigenvalue weighted by Gasteiger charge is 2.22. The summed E-state index contributed by atoms with van der Waals surface area (Å²) >= 11 is 5.82. The molecule has 68 valence electrons. The van der Waals surface area contributed by atoms with Crippen LogP contribution in [0, 0.1) is 0 Å². The molecule has 1 amide bonds. The molecule has 0 aliphatic carbocycles. The van der Waals surface area contributed by atoms with E-state index in [0.29, 0.717) is 15.6 Å². The Morgan fingerprint density at radius 3 is 3.00 bits per heavy atom. The second kappa shape index (κ2) is 3.12. The van der Waals surface area contributed by atoms with Gasteiger partial charge in [0.2, 0.25) is 5.91 Å². The minimum atomic E-state index is -1.25. The number of para-hydroxylation sites is 1. The fourth-order valence-corrected chi connectivity index (χ4v) is 2.55. The Hall–Kier alpha value is -0.870. The van der Waals surface area contributed by atoms with Gasteiger partial charge in [0.1, 0.15) is 5.75 Å². The van der Waals surface area contributed by atoms with E-state index in [2.05, 4.69) is 5.32 Å². The molecule has 2 rings (SSSR count). The van der Waals surface area contributed by atoms with Crippen LogP contribution >= 0.6 is 11.6 Å². The molecule has 0 bridgehead atoms. The SMILES string of the molecule is O=C1CS(=O)c2cccc(Cl)c2N1.